The van der Waals surface area contributed by atoms with Gasteiger partial charge in [0.05, 0.1) is 6.04 Å². The molecule has 2 aromatic rings. The minimum absolute atomic E-state index is 0.268. The summed E-state index contributed by atoms with van der Waals surface area (Å²) in [5.74, 6) is -0.268. The van der Waals surface area contributed by atoms with Gasteiger partial charge >= 0.3 is 6.36 Å². The normalized spacial score (nSPS) is 13.1. The lowest BCUT2D eigenvalue weighted by Crippen LogP contribution is -2.18. The average molecular weight is 393 g/mol. The maximum atomic E-state index is 12.2. The highest BCUT2D eigenvalue weighted by molar-refractivity contribution is 14.1. The van der Waals surface area contributed by atoms with Crippen LogP contribution in [-0.2, 0) is 0 Å². The minimum Gasteiger partial charge on any atom is -0.406 e. The van der Waals surface area contributed by atoms with Gasteiger partial charge in [0.2, 0.25) is 0 Å². The van der Waals surface area contributed by atoms with E-state index in [9.17, 15) is 13.2 Å². The molecule has 2 aromatic carbocycles. The standard InChI is InChI=1S/C14H11F3INO/c15-14(16,17)20-12-3-1-2-10(8-12)13(19)9-4-6-11(18)7-5-9/h1-8,13H,19H2. The fourth-order valence-electron chi connectivity index (χ4n) is 1.77. The molecule has 0 aliphatic carbocycles. The molecule has 0 bridgehead atoms. The molecule has 0 aliphatic heterocycles. The second-order valence-corrected chi connectivity index (χ2v) is 5.40. The fourth-order valence-corrected chi connectivity index (χ4v) is 2.13. The average Bonchev–Trinajstić information content (AvgIpc) is 2.37. The van der Waals surface area contributed by atoms with Crippen LogP contribution in [0, 0.1) is 3.57 Å². The molecule has 0 saturated carbocycles. The van der Waals surface area contributed by atoms with Crippen LogP contribution in [0.15, 0.2) is 48.5 Å². The van der Waals surface area contributed by atoms with Crippen molar-refractivity contribution in [2.24, 2.45) is 5.73 Å². The zero-order valence-corrected chi connectivity index (χ0v) is 12.4. The summed E-state index contributed by atoms with van der Waals surface area (Å²) >= 11 is 2.17. The zero-order chi connectivity index (χ0) is 14.8. The minimum atomic E-state index is -4.70. The number of nitrogens with two attached hydrogens (primary N) is 1. The van der Waals surface area contributed by atoms with Crippen molar-refractivity contribution in [3.05, 3.63) is 63.2 Å². The van der Waals surface area contributed by atoms with E-state index in [2.05, 4.69) is 27.3 Å². The lowest BCUT2D eigenvalue weighted by molar-refractivity contribution is -0.274. The Balaban J connectivity index is 2.24. The maximum absolute atomic E-state index is 12.2. The number of alkyl halides is 3. The molecule has 1 unspecified atom stereocenters. The predicted octanol–water partition coefficient (Wildman–Crippen LogP) is 4.24. The Morgan fingerprint density at radius 2 is 1.65 bits per heavy atom. The maximum Gasteiger partial charge on any atom is 0.573 e. The van der Waals surface area contributed by atoms with Crippen LogP contribution in [0.1, 0.15) is 17.2 Å². The number of hydrogen-bond acceptors (Lipinski definition) is 2. The molecule has 2 nitrogen and oxygen atoms in total. The first-order valence-corrected chi connectivity index (χ1v) is 6.80. The summed E-state index contributed by atoms with van der Waals surface area (Å²) in [7, 11) is 0. The summed E-state index contributed by atoms with van der Waals surface area (Å²) in [4.78, 5) is 0. The van der Waals surface area contributed by atoms with Crippen molar-refractivity contribution in [1.82, 2.24) is 0 Å². The molecule has 106 valence electrons. The summed E-state index contributed by atoms with van der Waals surface area (Å²) in [5.41, 5.74) is 7.45. The third kappa shape index (κ3) is 4.11. The van der Waals surface area contributed by atoms with Gasteiger partial charge < -0.3 is 10.5 Å². The van der Waals surface area contributed by atoms with Gasteiger partial charge in [-0.2, -0.15) is 0 Å². The molecule has 0 amide bonds. The molecule has 1 atom stereocenters. The van der Waals surface area contributed by atoms with Crippen molar-refractivity contribution in [3.8, 4) is 5.75 Å². The first-order chi connectivity index (χ1) is 9.35. The first-order valence-electron chi connectivity index (χ1n) is 5.72. The molecular formula is C14H11F3INO. The summed E-state index contributed by atoms with van der Waals surface area (Å²) < 4.78 is 41.5. The van der Waals surface area contributed by atoms with Crippen molar-refractivity contribution in [3.63, 3.8) is 0 Å². The first kappa shape index (κ1) is 15.1. The smallest absolute Gasteiger partial charge is 0.406 e. The molecule has 0 saturated heterocycles. The Labute approximate surface area is 127 Å². The number of benzene rings is 2. The van der Waals surface area contributed by atoms with E-state index in [0.717, 1.165) is 9.13 Å². The van der Waals surface area contributed by atoms with Crippen LogP contribution in [-0.4, -0.2) is 6.36 Å². The van der Waals surface area contributed by atoms with Crippen LogP contribution in [0.5, 0.6) is 5.75 Å². The van der Waals surface area contributed by atoms with Crippen molar-refractivity contribution in [2.45, 2.75) is 12.4 Å². The number of ether oxygens (including phenoxy) is 1. The van der Waals surface area contributed by atoms with E-state index < -0.39 is 12.4 Å². The largest absolute Gasteiger partial charge is 0.573 e. The highest BCUT2D eigenvalue weighted by atomic mass is 127. The molecule has 0 heterocycles. The Morgan fingerprint density at radius 1 is 1.00 bits per heavy atom. The number of hydrogen-bond donors (Lipinski definition) is 1. The Morgan fingerprint density at radius 3 is 2.25 bits per heavy atom. The lowest BCUT2D eigenvalue weighted by atomic mass is 10.00. The molecule has 2 N–H and O–H groups in total. The SMILES string of the molecule is NC(c1ccc(I)cc1)c1cccc(OC(F)(F)F)c1. The van der Waals surface area contributed by atoms with Gasteiger partial charge in [-0.05, 0) is 58.0 Å². The van der Waals surface area contributed by atoms with E-state index in [1.54, 1.807) is 6.07 Å². The van der Waals surface area contributed by atoms with Crippen LogP contribution >= 0.6 is 22.6 Å². The molecule has 6 heteroatoms. The van der Waals surface area contributed by atoms with E-state index in [1.165, 1.54) is 18.2 Å². The van der Waals surface area contributed by atoms with E-state index in [4.69, 9.17) is 5.73 Å². The van der Waals surface area contributed by atoms with Crippen LogP contribution in [0.4, 0.5) is 13.2 Å². The van der Waals surface area contributed by atoms with Gasteiger partial charge in [0.25, 0.3) is 0 Å². The van der Waals surface area contributed by atoms with Gasteiger partial charge in [0.1, 0.15) is 5.75 Å². The lowest BCUT2D eigenvalue weighted by Gasteiger charge is -2.15. The molecule has 2 rings (SSSR count). The van der Waals surface area contributed by atoms with Crippen molar-refractivity contribution >= 4 is 22.6 Å². The quantitative estimate of drug-likeness (QED) is 0.793. The molecular weight excluding hydrogens is 382 g/mol. The van der Waals surface area contributed by atoms with Crippen molar-refractivity contribution in [1.29, 1.82) is 0 Å². The predicted molar refractivity (Wildman–Crippen MR) is 78.3 cm³/mol. The second-order valence-electron chi connectivity index (χ2n) is 4.15. The molecule has 0 aromatic heterocycles. The fraction of sp³-hybridized carbons (Fsp3) is 0.143. The Kier molecular flexibility index (Phi) is 4.54. The number of rotatable bonds is 3. The molecule has 0 radical (unpaired) electrons. The van der Waals surface area contributed by atoms with Crippen molar-refractivity contribution in [2.75, 3.05) is 0 Å². The van der Waals surface area contributed by atoms with Crippen LogP contribution < -0.4 is 10.5 Å². The zero-order valence-electron chi connectivity index (χ0n) is 10.2. The summed E-state index contributed by atoms with van der Waals surface area (Å²) in [5, 5.41) is 0. The number of halogens is 4. The van der Waals surface area contributed by atoms with Gasteiger partial charge in [-0.25, -0.2) is 0 Å². The van der Waals surface area contributed by atoms with Crippen LogP contribution in [0.2, 0.25) is 0 Å². The van der Waals surface area contributed by atoms with E-state index >= 15 is 0 Å². The van der Waals surface area contributed by atoms with E-state index in [-0.39, 0.29) is 5.75 Å². The highest BCUT2D eigenvalue weighted by Crippen LogP contribution is 2.27. The summed E-state index contributed by atoms with van der Waals surface area (Å²) in [6, 6.07) is 12.7. The van der Waals surface area contributed by atoms with Gasteiger partial charge in [-0.15, -0.1) is 13.2 Å². The molecule has 0 aliphatic rings. The monoisotopic (exact) mass is 393 g/mol. The third-order valence-corrected chi connectivity index (χ3v) is 3.40. The summed E-state index contributed by atoms with van der Waals surface area (Å²) in [6.45, 7) is 0. The second kappa shape index (κ2) is 6.01. The van der Waals surface area contributed by atoms with E-state index in [1.807, 2.05) is 24.3 Å². The Bertz CT molecular complexity index is 584. The van der Waals surface area contributed by atoms with Gasteiger partial charge in [-0.3, -0.25) is 0 Å². The third-order valence-electron chi connectivity index (χ3n) is 2.68. The summed E-state index contributed by atoms with van der Waals surface area (Å²) in [6.07, 6.45) is -4.70. The highest BCUT2D eigenvalue weighted by Gasteiger charge is 2.31. The van der Waals surface area contributed by atoms with E-state index in [0.29, 0.717) is 5.56 Å². The van der Waals surface area contributed by atoms with Crippen LogP contribution in [0.25, 0.3) is 0 Å². The van der Waals surface area contributed by atoms with Gasteiger partial charge in [-0.1, -0.05) is 24.3 Å². The van der Waals surface area contributed by atoms with Gasteiger partial charge in [0, 0.05) is 3.57 Å². The topological polar surface area (TPSA) is 35.2 Å². The molecule has 20 heavy (non-hydrogen) atoms. The molecule has 0 spiro atoms. The van der Waals surface area contributed by atoms with Crippen LogP contribution in [0.3, 0.4) is 0 Å². The molecule has 0 fully saturated rings. The Hall–Kier alpha value is -1.28. The van der Waals surface area contributed by atoms with Crippen molar-refractivity contribution < 1.29 is 17.9 Å². The van der Waals surface area contributed by atoms with Gasteiger partial charge in [0.15, 0.2) is 0 Å².